The molecule has 0 aliphatic heterocycles. The van der Waals surface area contributed by atoms with Crippen LogP contribution in [0, 0.1) is 5.92 Å². The molecular formula is C17H32N4O5. The largest absolute Gasteiger partial charge is 0.480 e. The highest BCUT2D eigenvalue weighted by Crippen LogP contribution is 2.09. The highest BCUT2D eigenvalue weighted by Gasteiger charge is 2.31. The van der Waals surface area contributed by atoms with Gasteiger partial charge in [-0.3, -0.25) is 19.2 Å². The van der Waals surface area contributed by atoms with Gasteiger partial charge in [0.15, 0.2) is 0 Å². The molecule has 0 rings (SSSR count). The van der Waals surface area contributed by atoms with Crippen LogP contribution in [-0.2, 0) is 19.2 Å². The van der Waals surface area contributed by atoms with Gasteiger partial charge in [0, 0.05) is 0 Å². The molecule has 0 heterocycles. The maximum absolute atomic E-state index is 12.5. The molecule has 9 heteroatoms. The van der Waals surface area contributed by atoms with Gasteiger partial charge in [-0.15, -0.1) is 0 Å². The summed E-state index contributed by atoms with van der Waals surface area (Å²) in [5, 5.41) is 16.5. The van der Waals surface area contributed by atoms with Crippen LogP contribution in [0.25, 0.3) is 0 Å². The molecule has 5 atom stereocenters. The molecule has 0 fully saturated rings. The zero-order chi connectivity index (χ0) is 20.4. The number of aliphatic carboxylic acids is 1. The van der Waals surface area contributed by atoms with Gasteiger partial charge in [-0.05, 0) is 25.7 Å². The van der Waals surface area contributed by atoms with E-state index in [9.17, 15) is 19.2 Å². The zero-order valence-electron chi connectivity index (χ0n) is 16.2. The molecule has 9 nitrogen and oxygen atoms in total. The van der Waals surface area contributed by atoms with Crippen LogP contribution in [0.4, 0.5) is 0 Å². The number of carbonyl (C=O) groups is 4. The van der Waals surface area contributed by atoms with Crippen molar-refractivity contribution >= 4 is 23.7 Å². The van der Waals surface area contributed by atoms with Gasteiger partial charge in [0.25, 0.3) is 0 Å². The van der Waals surface area contributed by atoms with E-state index in [1.807, 2.05) is 6.92 Å². The van der Waals surface area contributed by atoms with Crippen molar-refractivity contribution in [3.63, 3.8) is 0 Å². The number of hydrogen-bond donors (Lipinski definition) is 5. The van der Waals surface area contributed by atoms with E-state index in [2.05, 4.69) is 16.0 Å². The molecular weight excluding hydrogens is 340 g/mol. The number of hydrogen-bond acceptors (Lipinski definition) is 5. The molecule has 0 aromatic heterocycles. The van der Waals surface area contributed by atoms with Crippen LogP contribution >= 0.6 is 0 Å². The van der Waals surface area contributed by atoms with Crippen molar-refractivity contribution in [2.24, 2.45) is 11.7 Å². The summed E-state index contributed by atoms with van der Waals surface area (Å²) in [5.41, 5.74) is 5.66. The second-order valence-electron chi connectivity index (χ2n) is 6.42. The van der Waals surface area contributed by atoms with Crippen molar-refractivity contribution in [3.05, 3.63) is 0 Å². The summed E-state index contributed by atoms with van der Waals surface area (Å²) in [4.78, 5) is 47.7. The van der Waals surface area contributed by atoms with Crippen LogP contribution < -0.4 is 21.7 Å². The lowest BCUT2D eigenvalue weighted by Gasteiger charge is -2.27. The second-order valence-corrected chi connectivity index (χ2v) is 6.42. The van der Waals surface area contributed by atoms with Gasteiger partial charge in [-0.25, -0.2) is 0 Å². The topological polar surface area (TPSA) is 151 Å². The van der Waals surface area contributed by atoms with E-state index in [1.165, 1.54) is 6.92 Å². The smallest absolute Gasteiger partial charge is 0.325 e. The van der Waals surface area contributed by atoms with Crippen molar-refractivity contribution in [1.29, 1.82) is 0 Å². The van der Waals surface area contributed by atoms with Gasteiger partial charge in [-0.2, -0.15) is 0 Å². The number of carboxylic acids is 1. The predicted octanol–water partition coefficient (Wildman–Crippen LogP) is -0.261. The molecule has 0 bridgehead atoms. The van der Waals surface area contributed by atoms with E-state index in [1.54, 1.807) is 20.8 Å². The number of amides is 3. The molecule has 26 heavy (non-hydrogen) atoms. The summed E-state index contributed by atoms with van der Waals surface area (Å²) in [7, 11) is 0. The van der Waals surface area contributed by atoms with Crippen molar-refractivity contribution in [3.8, 4) is 0 Å². The highest BCUT2D eigenvalue weighted by atomic mass is 16.4. The monoisotopic (exact) mass is 372 g/mol. The number of nitrogens with one attached hydrogen (secondary N) is 3. The van der Waals surface area contributed by atoms with Crippen molar-refractivity contribution in [1.82, 2.24) is 16.0 Å². The lowest BCUT2D eigenvalue weighted by molar-refractivity contribution is -0.142. The third-order valence-electron chi connectivity index (χ3n) is 4.34. The molecule has 3 amide bonds. The molecule has 6 N–H and O–H groups in total. The summed E-state index contributed by atoms with van der Waals surface area (Å²) >= 11 is 0. The molecule has 0 aliphatic carbocycles. The summed E-state index contributed by atoms with van der Waals surface area (Å²) in [6.45, 7) is 8.47. The Labute approximate surface area is 154 Å². The highest BCUT2D eigenvalue weighted by molar-refractivity contribution is 5.94. The van der Waals surface area contributed by atoms with Gasteiger partial charge in [0.05, 0.1) is 6.04 Å². The van der Waals surface area contributed by atoms with E-state index >= 15 is 0 Å². The van der Waals surface area contributed by atoms with Crippen molar-refractivity contribution in [2.45, 2.75) is 78.0 Å². The summed E-state index contributed by atoms with van der Waals surface area (Å²) in [6, 6.07) is -3.51. The van der Waals surface area contributed by atoms with Gasteiger partial charge in [-0.1, -0.05) is 34.1 Å². The molecule has 0 aromatic carbocycles. The van der Waals surface area contributed by atoms with Crippen molar-refractivity contribution in [2.75, 3.05) is 0 Å². The first-order valence-electron chi connectivity index (χ1n) is 8.98. The first kappa shape index (κ1) is 23.8. The summed E-state index contributed by atoms with van der Waals surface area (Å²) in [6.07, 6.45) is 1.37. The fourth-order valence-electron chi connectivity index (χ4n) is 2.14. The third-order valence-corrected chi connectivity index (χ3v) is 4.34. The minimum Gasteiger partial charge on any atom is -0.480 e. The molecule has 0 saturated heterocycles. The summed E-state index contributed by atoms with van der Waals surface area (Å²) in [5.74, 6) is -2.90. The van der Waals surface area contributed by atoms with Gasteiger partial charge in [0.1, 0.15) is 18.1 Å². The Morgan fingerprint density at radius 3 is 1.85 bits per heavy atom. The minimum absolute atomic E-state index is 0.217. The molecule has 0 saturated carbocycles. The van der Waals surface area contributed by atoms with Crippen LogP contribution in [-0.4, -0.2) is 53.0 Å². The van der Waals surface area contributed by atoms with Crippen LogP contribution in [0.1, 0.15) is 53.9 Å². The minimum atomic E-state index is -1.17. The van der Waals surface area contributed by atoms with Crippen molar-refractivity contribution < 1.29 is 24.3 Å². The average Bonchev–Trinajstić information content (AvgIpc) is 2.61. The zero-order valence-corrected chi connectivity index (χ0v) is 16.2. The fourth-order valence-corrected chi connectivity index (χ4v) is 2.14. The first-order chi connectivity index (χ1) is 12.1. The lowest BCUT2D eigenvalue weighted by atomic mass is 9.97. The van der Waals surface area contributed by atoms with Gasteiger partial charge in [0.2, 0.25) is 17.7 Å². The van der Waals surface area contributed by atoms with Crippen LogP contribution in [0.5, 0.6) is 0 Å². The normalized spacial score (nSPS) is 16.5. The Morgan fingerprint density at radius 2 is 1.42 bits per heavy atom. The Morgan fingerprint density at radius 1 is 0.846 bits per heavy atom. The van der Waals surface area contributed by atoms with Crippen LogP contribution in [0.15, 0.2) is 0 Å². The number of carboxylic acid groups (broad SMARTS) is 1. The van der Waals surface area contributed by atoms with E-state index in [0.717, 1.165) is 0 Å². The molecule has 0 aromatic rings. The molecule has 0 aliphatic rings. The number of rotatable bonds is 11. The van der Waals surface area contributed by atoms with E-state index in [4.69, 9.17) is 10.8 Å². The third kappa shape index (κ3) is 7.38. The molecule has 0 radical (unpaired) electrons. The Bertz CT molecular complexity index is 511. The standard InChI is InChI=1S/C17H32N4O5/c1-6-9(4)13(16(24)19-10(5)17(25)26)21-15(23)12(8-3)20-14(22)11(18)7-2/h9-13H,6-8,18H2,1-5H3,(H,19,24)(H,20,22)(H,21,23)(H,25,26)/t9-,10-,11-,12-,13-/m0/s1. The van der Waals surface area contributed by atoms with Crippen LogP contribution in [0.3, 0.4) is 0 Å². The Balaban J connectivity index is 5.12. The van der Waals surface area contributed by atoms with E-state index in [0.29, 0.717) is 19.3 Å². The van der Waals surface area contributed by atoms with E-state index < -0.39 is 47.9 Å². The maximum atomic E-state index is 12.5. The Hall–Kier alpha value is -2.16. The molecule has 0 spiro atoms. The summed E-state index contributed by atoms with van der Waals surface area (Å²) < 4.78 is 0. The number of carbonyl (C=O) groups excluding carboxylic acids is 3. The second kappa shape index (κ2) is 11.5. The predicted molar refractivity (Wildman–Crippen MR) is 97.1 cm³/mol. The van der Waals surface area contributed by atoms with Gasteiger partial charge >= 0.3 is 5.97 Å². The lowest BCUT2D eigenvalue weighted by Crippen LogP contribution is -2.58. The van der Waals surface area contributed by atoms with Crippen LogP contribution in [0.2, 0.25) is 0 Å². The van der Waals surface area contributed by atoms with Gasteiger partial charge < -0.3 is 26.8 Å². The quantitative estimate of drug-likeness (QED) is 0.337. The average molecular weight is 372 g/mol. The SMILES string of the molecule is CC[C@H](NC(=O)[C@@H](N)CC)C(=O)N[C@H](C(=O)N[C@@H](C)C(=O)O)[C@@H](C)CC. The maximum Gasteiger partial charge on any atom is 0.325 e. The van der Waals surface area contributed by atoms with E-state index in [-0.39, 0.29) is 5.92 Å². The Kier molecular flexibility index (Phi) is 10.5. The first-order valence-corrected chi connectivity index (χ1v) is 8.98. The molecule has 150 valence electrons. The molecule has 0 unspecified atom stereocenters. The fraction of sp³-hybridized carbons (Fsp3) is 0.765. The number of nitrogens with two attached hydrogens (primary N) is 1.